The minimum Gasteiger partial charge on any atom is -0.399 e. The summed E-state index contributed by atoms with van der Waals surface area (Å²) >= 11 is 0. The van der Waals surface area contributed by atoms with Crippen molar-refractivity contribution < 1.29 is 0 Å². The summed E-state index contributed by atoms with van der Waals surface area (Å²) in [6.07, 6.45) is 1.72. The molecule has 1 aromatic heterocycles. The zero-order chi connectivity index (χ0) is 12.3. The van der Waals surface area contributed by atoms with E-state index in [-0.39, 0.29) is 0 Å². The van der Waals surface area contributed by atoms with E-state index in [0.29, 0.717) is 5.95 Å². The van der Waals surface area contributed by atoms with Gasteiger partial charge in [0.1, 0.15) is 5.82 Å². The maximum atomic E-state index is 5.71. The van der Waals surface area contributed by atoms with E-state index in [4.69, 9.17) is 5.73 Å². The quantitative estimate of drug-likeness (QED) is 0.786. The van der Waals surface area contributed by atoms with Gasteiger partial charge in [-0.05, 0) is 24.3 Å². The van der Waals surface area contributed by atoms with E-state index < -0.39 is 0 Å². The number of hydrogen-bond donors (Lipinski definition) is 2. The zero-order valence-electron chi connectivity index (χ0n) is 9.88. The Bertz CT molecular complexity index is 510. The number of nitrogens with one attached hydrogen (secondary N) is 1. The fraction of sp³-hybridized carbons (Fsp3) is 0.167. The molecular formula is C12H15N5. The molecule has 0 radical (unpaired) electrons. The van der Waals surface area contributed by atoms with Gasteiger partial charge in [-0.3, -0.25) is 0 Å². The van der Waals surface area contributed by atoms with Gasteiger partial charge in [-0.15, -0.1) is 0 Å². The van der Waals surface area contributed by atoms with Crippen molar-refractivity contribution in [3.63, 3.8) is 0 Å². The molecule has 17 heavy (non-hydrogen) atoms. The van der Waals surface area contributed by atoms with Crippen molar-refractivity contribution in [3.05, 3.63) is 36.5 Å². The lowest BCUT2D eigenvalue weighted by atomic mass is 10.3. The first-order valence-electron chi connectivity index (χ1n) is 5.28. The molecule has 0 unspecified atom stereocenters. The Hall–Kier alpha value is -2.30. The highest BCUT2D eigenvalue weighted by atomic mass is 15.2. The van der Waals surface area contributed by atoms with Crippen LogP contribution in [0, 0.1) is 0 Å². The smallest absolute Gasteiger partial charge is 0.226 e. The van der Waals surface area contributed by atoms with Gasteiger partial charge in [0, 0.05) is 31.7 Å². The van der Waals surface area contributed by atoms with Gasteiger partial charge in [-0.25, -0.2) is 4.98 Å². The molecule has 0 aliphatic heterocycles. The van der Waals surface area contributed by atoms with Crippen LogP contribution in [0.3, 0.4) is 0 Å². The van der Waals surface area contributed by atoms with Crippen molar-refractivity contribution in [1.29, 1.82) is 0 Å². The first-order valence-corrected chi connectivity index (χ1v) is 5.28. The van der Waals surface area contributed by atoms with Gasteiger partial charge in [-0.1, -0.05) is 6.07 Å². The maximum absolute atomic E-state index is 5.71. The highest BCUT2D eigenvalue weighted by molar-refractivity contribution is 5.61. The van der Waals surface area contributed by atoms with Gasteiger partial charge in [-0.2, -0.15) is 4.98 Å². The summed E-state index contributed by atoms with van der Waals surface area (Å²) in [6.45, 7) is 0. The van der Waals surface area contributed by atoms with Crippen LogP contribution in [-0.4, -0.2) is 24.1 Å². The Labute approximate surface area is 100 Å². The number of nitrogen functional groups attached to an aromatic ring is 1. The van der Waals surface area contributed by atoms with Crippen LogP contribution >= 0.6 is 0 Å². The third kappa shape index (κ3) is 2.84. The molecule has 3 N–H and O–H groups in total. The van der Waals surface area contributed by atoms with Gasteiger partial charge in [0.05, 0.1) is 0 Å². The summed E-state index contributed by atoms with van der Waals surface area (Å²) < 4.78 is 0. The maximum Gasteiger partial charge on any atom is 0.226 e. The van der Waals surface area contributed by atoms with Gasteiger partial charge in [0.2, 0.25) is 5.95 Å². The molecule has 0 atom stereocenters. The molecule has 0 amide bonds. The number of benzene rings is 1. The van der Waals surface area contributed by atoms with Crippen molar-refractivity contribution in [2.75, 3.05) is 30.0 Å². The SMILES string of the molecule is CN(C)c1nccc(Nc2cccc(N)c2)n1. The molecule has 0 aliphatic carbocycles. The Morgan fingerprint density at radius 2 is 2.06 bits per heavy atom. The lowest BCUT2D eigenvalue weighted by molar-refractivity contribution is 1.00. The van der Waals surface area contributed by atoms with E-state index >= 15 is 0 Å². The number of aromatic nitrogens is 2. The van der Waals surface area contributed by atoms with Crippen molar-refractivity contribution >= 4 is 23.1 Å². The molecule has 0 saturated heterocycles. The summed E-state index contributed by atoms with van der Waals surface area (Å²) in [7, 11) is 3.80. The molecule has 2 rings (SSSR count). The van der Waals surface area contributed by atoms with Crippen LogP contribution < -0.4 is 16.0 Å². The largest absolute Gasteiger partial charge is 0.399 e. The molecule has 0 spiro atoms. The predicted octanol–water partition coefficient (Wildman–Crippen LogP) is 1.87. The average molecular weight is 229 g/mol. The highest BCUT2D eigenvalue weighted by Gasteiger charge is 2.01. The summed E-state index contributed by atoms with van der Waals surface area (Å²) in [5.41, 5.74) is 7.34. The van der Waals surface area contributed by atoms with Crippen LogP contribution in [0.15, 0.2) is 36.5 Å². The van der Waals surface area contributed by atoms with Crippen LogP contribution in [-0.2, 0) is 0 Å². The fourth-order valence-corrected chi connectivity index (χ4v) is 1.40. The lowest BCUT2D eigenvalue weighted by Gasteiger charge is -2.11. The topological polar surface area (TPSA) is 67.1 Å². The van der Waals surface area contributed by atoms with Gasteiger partial charge in [0.15, 0.2) is 0 Å². The van der Waals surface area contributed by atoms with Crippen LogP contribution in [0.25, 0.3) is 0 Å². The molecule has 1 heterocycles. The molecule has 5 heteroatoms. The number of hydrogen-bond acceptors (Lipinski definition) is 5. The minimum absolute atomic E-state index is 0.666. The van der Waals surface area contributed by atoms with Crippen LogP contribution in [0.2, 0.25) is 0 Å². The monoisotopic (exact) mass is 229 g/mol. The van der Waals surface area contributed by atoms with E-state index in [1.54, 1.807) is 6.20 Å². The molecule has 88 valence electrons. The lowest BCUT2D eigenvalue weighted by Crippen LogP contribution is -2.13. The number of rotatable bonds is 3. The van der Waals surface area contributed by atoms with E-state index in [2.05, 4.69) is 15.3 Å². The molecule has 2 aromatic rings. The summed E-state index contributed by atoms with van der Waals surface area (Å²) in [4.78, 5) is 10.4. The molecule has 0 fully saturated rings. The third-order valence-corrected chi connectivity index (χ3v) is 2.20. The van der Waals surface area contributed by atoms with E-state index in [0.717, 1.165) is 17.2 Å². The Kier molecular flexibility index (Phi) is 3.09. The second kappa shape index (κ2) is 4.69. The van der Waals surface area contributed by atoms with E-state index in [1.807, 2.05) is 49.3 Å². The number of anilines is 4. The first kappa shape index (κ1) is 11.2. The Balaban J connectivity index is 2.21. The minimum atomic E-state index is 0.666. The zero-order valence-corrected chi connectivity index (χ0v) is 9.88. The Morgan fingerprint density at radius 3 is 2.76 bits per heavy atom. The number of nitrogens with zero attached hydrogens (tertiary/aromatic N) is 3. The summed E-state index contributed by atoms with van der Waals surface area (Å²) in [5, 5.41) is 3.18. The van der Waals surface area contributed by atoms with E-state index in [1.165, 1.54) is 0 Å². The van der Waals surface area contributed by atoms with Gasteiger partial charge >= 0.3 is 0 Å². The van der Waals surface area contributed by atoms with Crippen molar-refractivity contribution in [3.8, 4) is 0 Å². The molecule has 1 aromatic carbocycles. The predicted molar refractivity (Wildman–Crippen MR) is 70.5 cm³/mol. The molecule has 0 saturated carbocycles. The molecule has 0 bridgehead atoms. The normalized spacial score (nSPS) is 10.0. The molecule has 0 aliphatic rings. The highest BCUT2D eigenvalue weighted by Crippen LogP contribution is 2.17. The van der Waals surface area contributed by atoms with Crippen molar-refractivity contribution in [2.24, 2.45) is 0 Å². The third-order valence-electron chi connectivity index (χ3n) is 2.20. The van der Waals surface area contributed by atoms with Crippen molar-refractivity contribution in [2.45, 2.75) is 0 Å². The van der Waals surface area contributed by atoms with E-state index in [9.17, 15) is 0 Å². The standard InChI is InChI=1S/C12H15N5/c1-17(2)12-14-7-6-11(16-12)15-10-5-3-4-9(13)8-10/h3-8H,13H2,1-2H3,(H,14,15,16). The van der Waals surface area contributed by atoms with Crippen LogP contribution in [0.1, 0.15) is 0 Å². The average Bonchev–Trinajstić information content (AvgIpc) is 2.29. The second-order valence-corrected chi connectivity index (χ2v) is 3.89. The summed E-state index contributed by atoms with van der Waals surface area (Å²) in [6, 6.07) is 9.35. The molecule has 5 nitrogen and oxygen atoms in total. The fourth-order valence-electron chi connectivity index (χ4n) is 1.40. The van der Waals surface area contributed by atoms with Crippen LogP contribution in [0.4, 0.5) is 23.1 Å². The van der Waals surface area contributed by atoms with Crippen molar-refractivity contribution in [1.82, 2.24) is 9.97 Å². The summed E-state index contributed by atoms with van der Waals surface area (Å²) in [5.74, 6) is 1.41. The number of nitrogens with two attached hydrogens (primary N) is 1. The van der Waals surface area contributed by atoms with Crippen LogP contribution in [0.5, 0.6) is 0 Å². The molecular weight excluding hydrogens is 214 g/mol. The second-order valence-electron chi connectivity index (χ2n) is 3.89. The Morgan fingerprint density at radius 1 is 1.24 bits per heavy atom. The first-order chi connectivity index (χ1) is 8.15. The van der Waals surface area contributed by atoms with Gasteiger partial charge in [0.25, 0.3) is 0 Å². The van der Waals surface area contributed by atoms with Gasteiger partial charge < -0.3 is 16.0 Å².